The smallest absolute Gasteiger partial charge is 0.273 e. The molecule has 1 N–H and O–H groups in total. The molecule has 7 nitrogen and oxygen atoms in total. The van der Waals surface area contributed by atoms with Crippen molar-refractivity contribution in [3.05, 3.63) is 87.9 Å². The zero-order chi connectivity index (χ0) is 18.5. The molecule has 0 saturated carbocycles. The van der Waals surface area contributed by atoms with Gasteiger partial charge in [-0.1, -0.05) is 36.4 Å². The van der Waals surface area contributed by atoms with E-state index in [1.165, 1.54) is 18.5 Å². The second-order valence-electron chi connectivity index (χ2n) is 5.65. The molecule has 2 aromatic carbocycles. The molecule has 0 aliphatic heterocycles. The van der Waals surface area contributed by atoms with Crippen LogP contribution in [-0.4, -0.2) is 20.8 Å². The second kappa shape index (κ2) is 7.52. The molecule has 3 aromatic rings. The Morgan fingerprint density at radius 2 is 1.88 bits per heavy atom. The lowest BCUT2D eigenvalue weighted by Crippen LogP contribution is -2.24. The number of aromatic nitrogens is 2. The summed E-state index contributed by atoms with van der Waals surface area (Å²) >= 11 is 0. The predicted molar refractivity (Wildman–Crippen MR) is 96.5 cm³/mol. The molecule has 1 heterocycles. The van der Waals surface area contributed by atoms with Crippen LogP contribution >= 0.6 is 0 Å². The summed E-state index contributed by atoms with van der Waals surface area (Å²) in [7, 11) is 0. The van der Waals surface area contributed by atoms with Gasteiger partial charge >= 0.3 is 0 Å². The van der Waals surface area contributed by atoms with Gasteiger partial charge < -0.3 is 5.32 Å². The molecule has 0 unspecified atom stereocenters. The number of nitro benzene ring substituents is 1. The lowest BCUT2D eigenvalue weighted by atomic mass is 10.1. The van der Waals surface area contributed by atoms with Crippen LogP contribution in [0, 0.1) is 17.0 Å². The summed E-state index contributed by atoms with van der Waals surface area (Å²) < 4.78 is 0. The van der Waals surface area contributed by atoms with Crippen LogP contribution in [0.3, 0.4) is 0 Å². The largest absolute Gasteiger partial charge is 0.346 e. The summed E-state index contributed by atoms with van der Waals surface area (Å²) in [6.45, 7) is 1.76. The molecule has 0 fully saturated rings. The van der Waals surface area contributed by atoms with Crippen molar-refractivity contribution in [2.45, 2.75) is 13.5 Å². The molecule has 26 heavy (non-hydrogen) atoms. The molecular formula is C19H16N4O3. The highest BCUT2D eigenvalue weighted by Gasteiger charge is 2.17. The molecule has 0 atom stereocenters. The van der Waals surface area contributed by atoms with Crippen LogP contribution < -0.4 is 5.32 Å². The molecule has 1 amide bonds. The van der Waals surface area contributed by atoms with Gasteiger partial charge in [0, 0.05) is 22.8 Å². The maximum absolute atomic E-state index is 12.4. The number of nitro groups is 1. The van der Waals surface area contributed by atoms with Gasteiger partial charge in [0.05, 0.1) is 22.9 Å². The Morgan fingerprint density at radius 3 is 2.62 bits per heavy atom. The van der Waals surface area contributed by atoms with Gasteiger partial charge in [0.2, 0.25) is 0 Å². The first-order chi connectivity index (χ1) is 12.6. The normalized spacial score (nSPS) is 10.3. The van der Waals surface area contributed by atoms with E-state index in [1.54, 1.807) is 19.1 Å². The van der Waals surface area contributed by atoms with Crippen LogP contribution in [0.25, 0.3) is 11.3 Å². The highest BCUT2D eigenvalue weighted by Crippen LogP contribution is 2.21. The van der Waals surface area contributed by atoms with E-state index in [0.717, 1.165) is 11.3 Å². The summed E-state index contributed by atoms with van der Waals surface area (Å²) in [5, 5.41) is 13.8. The van der Waals surface area contributed by atoms with E-state index in [0.29, 0.717) is 11.3 Å². The molecule has 0 spiro atoms. The van der Waals surface area contributed by atoms with Crippen LogP contribution in [-0.2, 0) is 6.54 Å². The van der Waals surface area contributed by atoms with Gasteiger partial charge in [0.15, 0.2) is 0 Å². The third-order valence-electron chi connectivity index (χ3n) is 3.97. The van der Waals surface area contributed by atoms with Crippen LogP contribution in [0.1, 0.15) is 21.6 Å². The van der Waals surface area contributed by atoms with E-state index in [9.17, 15) is 14.9 Å². The number of carbonyl (C=O) groups excluding carboxylic acids is 1. The zero-order valence-electron chi connectivity index (χ0n) is 14.0. The molecule has 0 radical (unpaired) electrons. The first-order valence-electron chi connectivity index (χ1n) is 7.95. The Morgan fingerprint density at radius 1 is 1.12 bits per heavy atom. The minimum Gasteiger partial charge on any atom is -0.346 e. The molecule has 7 heteroatoms. The number of rotatable bonds is 5. The van der Waals surface area contributed by atoms with Crippen molar-refractivity contribution in [3.63, 3.8) is 0 Å². The fraction of sp³-hybridized carbons (Fsp3) is 0.105. The molecule has 130 valence electrons. The number of hydrogen-bond donors (Lipinski definition) is 1. The van der Waals surface area contributed by atoms with Crippen molar-refractivity contribution in [2.24, 2.45) is 0 Å². The van der Waals surface area contributed by atoms with Crippen molar-refractivity contribution in [2.75, 3.05) is 0 Å². The topological polar surface area (TPSA) is 98.0 Å². The van der Waals surface area contributed by atoms with Crippen LogP contribution in [0.5, 0.6) is 0 Å². The third kappa shape index (κ3) is 3.72. The first-order valence-corrected chi connectivity index (χ1v) is 7.95. The average Bonchev–Trinajstić information content (AvgIpc) is 2.67. The highest BCUT2D eigenvalue weighted by atomic mass is 16.6. The van der Waals surface area contributed by atoms with Crippen LogP contribution in [0.2, 0.25) is 0 Å². The Labute approximate surface area is 149 Å². The number of nitrogens with one attached hydrogen (secondary N) is 1. The number of nitrogens with zero attached hydrogens (tertiary/aromatic N) is 3. The predicted octanol–water partition coefficient (Wildman–Crippen LogP) is 3.29. The summed E-state index contributed by atoms with van der Waals surface area (Å²) in [4.78, 5) is 31.3. The highest BCUT2D eigenvalue weighted by molar-refractivity contribution is 5.96. The summed E-state index contributed by atoms with van der Waals surface area (Å²) in [5.74, 6) is -0.383. The lowest BCUT2D eigenvalue weighted by Gasteiger charge is -2.08. The van der Waals surface area contributed by atoms with Gasteiger partial charge in [-0.05, 0) is 19.1 Å². The van der Waals surface area contributed by atoms with Gasteiger partial charge in [-0.3, -0.25) is 14.9 Å². The van der Waals surface area contributed by atoms with E-state index < -0.39 is 4.92 Å². The Balaban J connectivity index is 1.75. The molecule has 0 aliphatic rings. The Hall–Kier alpha value is -3.61. The monoisotopic (exact) mass is 348 g/mol. The molecule has 0 saturated heterocycles. The van der Waals surface area contributed by atoms with Gasteiger partial charge in [-0.15, -0.1) is 0 Å². The molecule has 0 aliphatic carbocycles. The van der Waals surface area contributed by atoms with E-state index in [1.807, 2.05) is 30.3 Å². The lowest BCUT2D eigenvalue weighted by molar-refractivity contribution is -0.385. The number of carbonyl (C=O) groups is 1. The molecular weight excluding hydrogens is 332 g/mol. The minimum absolute atomic E-state index is 0.0777. The van der Waals surface area contributed by atoms with Gasteiger partial charge in [0.1, 0.15) is 6.33 Å². The van der Waals surface area contributed by atoms with E-state index in [4.69, 9.17) is 0 Å². The van der Waals surface area contributed by atoms with Crippen LogP contribution in [0.15, 0.2) is 60.9 Å². The van der Waals surface area contributed by atoms with Crippen molar-refractivity contribution in [1.82, 2.24) is 15.3 Å². The number of amides is 1. The van der Waals surface area contributed by atoms with Gasteiger partial charge in [0.25, 0.3) is 11.6 Å². The Bertz CT molecular complexity index is 958. The van der Waals surface area contributed by atoms with Crippen molar-refractivity contribution in [1.29, 1.82) is 0 Å². The maximum atomic E-state index is 12.4. The van der Waals surface area contributed by atoms with E-state index in [2.05, 4.69) is 15.3 Å². The third-order valence-corrected chi connectivity index (χ3v) is 3.97. The first kappa shape index (κ1) is 17.2. The van der Waals surface area contributed by atoms with Crippen molar-refractivity contribution in [3.8, 4) is 11.3 Å². The zero-order valence-corrected chi connectivity index (χ0v) is 14.0. The SMILES string of the molecule is Cc1c(C(=O)NCc2cc(-c3ccccc3)ncn2)cccc1[N+](=O)[O-]. The van der Waals surface area contributed by atoms with E-state index >= 15 is 0 Å². The maximum Gasteiger partial charge on any atom is 0.273 e. The standard InChI is InChI=1S/C19H16N4O3/c1-13-16(8-5-9-18(13)23(25)26)19(24)20-11-15-10-17(22-12-21-15)14-6-3-2-4-7-14/h2-10,12H,11H2,1H3,(H,20,24). The van der Waals surface area contributed by atoms with E-state index in [-0.39, 0.29) is 23.7 Å². The summed E-state index contributed by atoms with van der Waals surface area (Å²) in [5.41, 5.74) is 2.90. The number of benzene rings is 2. The van der Waals surface area contributed by atoms with Gasteiger partial charge in [-0.2, -0.15) is 0 Å². The van der Waals surface area contributed by atoms with Crippen molar-refractivity contribution < 1.29 is 9.72 Å². The van der Waals surface area contributed by atoms with Crippen molar-refractivity contribution >= 4 is 11.6 Å². The fourth-order valence-electron chi connectivity index (χ4n) is 2.59. The van der Waals surface area contributed by atoms with Crippen LogP contribution in [0.4, 0.5) is 5.69 Å². The quantitative estimate of drug-likeness (QED) is 0.563. The molecule has 1 aromatic heterocycles. The fourth-order valence-corrected chi connectivity index (χ4v) is 2.59. The summed E-state index contributed by atoms with van der Waals surface area (Å²) in [6.07, 6.45) is 1.45. The minimum atomic E-state index is -0.497. The van der Waals surface area contributed by atoms with Gasteiger partial charge in [-0.25, -0.2) is 9.97 Å². The summed E-state index contributed by atoms with van der Waals surface area (Å²) in [6, 6.07) is 15.9. The number of hydrogen-bond acceptors (Lipinski definition) is 5. The average molecular weight is 348 g/mol. The molecule has 0 bridgehead atoms. The second-order valence-corrected chi connectivity index (χ2v) is 5.65. The Kier molecular flexibility index (Phi) is 4.98. The molecule has 3 rings (SSSR count).